The fourth-order valence-electron chi connectivity index (χ4n) is 5.32. The van der Waals surface area contributed by atoms with Gasteiger partial charge in [0.25, 0.3) is 0 Å². The van der Waals surface area contributed by atoms with Crippen molar-refractivity contribution in [2.75, 3.05) is 0 Å². The largest absolute Gasteiger partial charge is 0.384 e. The van der Waals surface area contributed by atoms with Crippen LogP contribution in [0.2, 0.25) is 0 Å². The van der Waals surface area contributed by atoms with E-state index in [4.69, 9.17) is 22.3 Å². The van der Waals surface area contributed by atoms with E-state index in [1.54, 1.807) is 24.3 Å². The smallest absolute Gasteiger partial charge is 0.243 e. The molecule has 1 aliphatic carbocycles. The fraction of sp³-hybridized carbons (Fsp3) is 0.312. The van der Waals surface area contributed by atoms with Crippen molar-refractivity contribution in [3.05, 3.63) is 107 Å². The number of carbonyl (C=O) groups is 2. The fourth-order valence-corrected chi connectivity index (χ4v) is 5.32. The third-order valence-electron chi connectivity index (χ3n) is 7.66. The Kier molecular flexibility index (Phi) is 9.67. The van der Waals surface area contributed by atoms with Gasteiger partial charge in [-0.2, -0.15) is 0 Å². The molecule has 3 aromatic carbocycles. The van der Waals surface area contributed by atoms with E-state index < -0.39 is 12.0 Å². The van der Waals surface area contributed by atoms with Crippen molar-refractivity contribution in [2.24, 2.45) is 17.4 Å². The number of benzene rings is 3. The van der Waals surface area contributed by atoms with Crippen LogP contribution in [-0.4, -0.2) is 29.5 Å². The van der Waals surface area contributed by atoms with Gasteiger partial charge in [0.1, 0.15) is 17.7 Å². The zero-order chi connectivity index (χ0) is 28.5. The summed E-state index contributed by atoms with van der Waals surface area (Å²) in [7, 11) is 0. The van der Waals surface area contributed by atoms with Crippen LogP contribution in [0.25, 0.3) is 0 Å². The summed E-state index contributed by atoms with van der Waals surface area (Å²) >= 11 is 0. The minimum Gasteiger partial charge on any atom is -0.384 e. The number of amides is 2. The lowest BCUT2D eigenvalue weighted by Gasteiger charge is -2.31. The first-order chi connectivity index (χ1) is 19.3. The number of nitrogens with two attached hydrogens (primary N) is 2. The second kappa shape index (κ2) is 13.6. The number of amidine groups is 2. The van der Waals surface area contributed by atoms with Crippen LogP contribution in [0.3, 0.4) is 0 Å². The molecule has 0 heterocycles. The maximum Gasteiger partial charge on any atom is 0.243 e. The van der Waals surface area contributed by atoms with Crippen molar-refractivity contribution in [3.8, 4) is 0 Å². The normalized spacial score (nSPS) is 15.0. The van der Waals surface area contributed by atoms with Crippen molar-refractivity contribution in [1.29, 1.82) is 10.8 Å². The van der Waals surface area contributed by atoms with Gasteiger partial charge in [-0.3, -0.25) is 20.4 Å². The number of hydrogen-bond acceptors (Lipinski definition) is 4. The van der Waals surface area contributed by atoms with Crippen LogP contribution in [0.4, 0.5) is 0 Å². The van der Waals surface area contributed by atoms with Crippen LogP contribution >= 0.6 is 0 Å². The summed E-state index contributed by atoms with van der Waals surface area (Å²) in [5.41, 5.74) is 15.1. The lowest BCUT2D eigenvalue weighted by atomic mass is 9.82. The van der Waals surface area contributed by atoms with Crippen LogP contribution in [0.1, 0.15) is 65.8 Å². The summed E-state index contributed by atoms with van der Waals surface area (Å²) in [5, 5.41) is 21.4. The Bertz CT molecular complexity index is 1320. The van der Waals surface area contributed by atoms with E-state index in [-0.39, 0.29) is 29.4 Å². The van der Waals surface area contributed by atoms with E-state index in [0.29, 0.717) is 24.1 Å². The quantitative estimate of drug-likeness (QED) is 0.161. The molecule has 208 valence electrons. The SMILES string of the molecule is N=C(N)c1ccc(CNC(=O)[C@@H](NC(=O)C(Cc2ccc(C(=N)N)cc2)c2ccccc2)C2CCCCC2)cc1. The number of nitrogens with one attached hydrogen (secondary N) is 4. The minimum atomic E-state index is -0.629. The zero-order valence-electron chi connectivity index (χ0n) is 22.7. The topological polar surface area (TPSA) is 158 Å². The van der Waals surface area contributed by atoms with Crippen molar-refractivity contribution in [3.63, 3.8) is 0 Å². The second-order valence-electron chi connectivity index (χ2n) is 10.5. The van der Waals surface area contributed by atoms with E-state index >= 15 is 0 Å². The molecule has 0 radical (unpaired) electrons. The van der Waals surface area contributed by atoms with Gasteiger partial charge < -0.3 is 22.1 Å². The minimum absolute atomic E-state index is 0.0000315. The van der Waals surface area contributed by atoms with Gasteiger partial charge in [-0.05, 0) is 41.9 Å². The molecule has 3 aromatic rings. The Labute approximate surface area is 235 Å². The Morgan fingerprint density at radius 1 is 0.750 bits per heavy atom. The highest BCUT2D eigenvalue weighted by Crippen LogP contribution is 2.28. The molecular formula is C32H38N6O2. The molecule has 1 saturated carbocycles. The average Bonchev–Trinajstić information content (AvgIpc) is 2.98. The molecule has 0 aromatic heterocycles. The Hall–Kier alpha value is -4.46. The molecule has 0 spiro atoms. The predicted octanol–water partition coefficient (Wildman–Crippen LogP) is 3.96. The maximum absolute atomic E-state index is 13.9. The molecule has 4 rings (SSSR count). The summed E-state index contributed by atoms with van der Waals surface area (Å²) in [6.07, 6.45) is 5.48. The van der Waals surface area contributed by atoms with Gasteiger partial charge in [-0.1, -0.05) is 98.1 Å². The average molecular weight is 539 g/mol. The van der Waals surface area contributed by atoms with Gasteiger partial charge in [-0.25, -0.2) is 0 Å². The molecule has 2 atom stereocenters. The van der Waals surface area contributed by atoms with Crippen molar-refractivity contribution < 1.29 is 9.59 Å². The molecule has 2 amide bonds. The van der Waals surface area contributed by atoms with E-state index in [1.165, 1.54) is 0 Å². The Balaban J connectivity index is 1.52. The van der Waals surface area contributed by atoms with E-state index in [0.717, 1.165) is 48.8 Å². The van der Waals surface area contributed by atoms with Gasteiger partial charge in [0.2, 0.25) is 11.8 Å². The number of carbonyl (C=O) groups excluding carboxylic acids is 2. The number of nitrogen functional groups attached to an aromatic ring is 2. The molecule has 0 aliphatic heterocycles. The van der Waals surface area contributed by atoms with Gasteiger partial charge >= 0.3 is 0 Å². The predicted molar refractivity (Wildman–Crippen MR) is 158 cm³/mol. The number of rotatable bonds is 11. The van der Waals surface area contributed by atoms with Crippen molar-refractivity contribution in [2.45, 2.75) is 57.0 Å². The van der Waals surface area contributed by atoms with E-state index in [1.807, 2.05) is 54.6 Å². The van der Waals surface area contributed by atoms with Gasteiger partial charge in [-0.15, -0.1) is 0 Å². The molecule has 1 aliphatic rings. The summed E-state index contributed by atoms with van der Waals surface area (Å²) in [4.78, 5) is 27.4. The van der Waals surface area contributed by atoms with Crippen LogP contribution < -0.4 is 22.1 Å². The van der Waals surface area contributed by atoms with Gasteiger partial charge in [0.15, 0.2) is 0 Å². The standard InChI is InChI=1S/C32H38N6O2/c33-29(34)25-15-11-21(12-16-25)19-27(23-7-3-1-4-8-23)31(39)38-28(24-9-5-2-6-10-24)32(40)37-20-22-13-17-26(18-14-22)30(35)36/h1,3-4,7-8,11-18,24,27-28H,2,5-6,9-10,19-20H2,(H3,33,34)(H3,35,36)(H,37,40)(H,38,39)/t27?,28-/m0/s1. The molecule has 8 heteroatoms. The van der Waals surface area contributed by atoms with Gasteiger partial charge in [0.05, 0.1) is 5.92 Å². The maximum atomic E-state index is 13.9. The number of hydrogen-bond donors (Lipinski definition) is 6. The van der Waals surface area contributed by atoms with Crippen LogP contribution in [-0.2, 0) is 22.6 Å². The third-order valence-corrected chi connectivity index (χ3v) is 7.66. The lowest BCUT2D eigenvalue weighted by molar-refractivity contribution is -0.131. The van der Waals surface area contributed by atoms with Gasteiger partial charge in [0, 0.05) is 17.7 Å². The summed E-state index contributed by atoms with van der Waals surface area (Å²) in [6, 6.07) is 23.6. The lowest BCUT2D eigenvalue weighted by Crippen LogP contribution is -2.52. The molecule has 8 nitrogen and oxygen atoms in total. The molecule has 8 N–H and O–H groups in total. The highest BCUT2D eigenvalue weighted by atomic mass is 16.2. The monoisotopic (exact) mass is 538 g/mol. The summed E-state index contributed by atoms with van der Waals surface area (Å²) in [6.45, 7) is 0.320. The molecule has 40 heavy (non-hydrogen) atoms. The molecule has 1 unspecified atom stereocenters. The van der Waals surface area contributed by atoms with Crippen LogP contribution in [0.15, 0.2) is 78.9 Å². The molecule has 0 saturated heterocycles. The summed E-state index contributed by atoms with van der Waals surface area (Å²) < 4.78 is 0. The summed E-state index contributed by atoms with van der Waals surface area (Å²) in [5.74, 6) is -0.781. The van der Waals surface area contributed by atoms with Crippen LogP contribution in [0, 0.1) is 16.7 Å². The van der Waals surface area contributed by atoms with Crippen LogP contribution in [0.5, 0.6) is 0 Å². The van der Waals surface area contributed by atoms with E-state index in [2.05, 4.69) is 10.6 Å². The molecule has 0 bridgehead atoms. The van der Waals surface area contributed by atoms with E-state index in [9.17, 15) is 9.59 Å². The first kappa shape index (κ1) is 28.5. The molecule has 1 fully saturated rings. The first-order valence-corrected chi connectivity index (χ1v) is 13.8. The third kappa shape index (κ3) is 7.56. The highest BCUT2D eigenvalue weighted by molar-refractivity contribution is 5.95. The first-order valence-electron chi connectivity index (χ1n) is 13.8. The second-order valence-corrected chi connectivity index (χ2v) is 10.5. The molecular weight excluding hydrogens is 500 g/mol. The Morgan fingerprint density at radius 2 is 1.30 bits per heavy atom. The Morgan fingerprint density at radius 3 is 1.85 bits per heavy atom. The van der Waals surface area contributed by atoms with Crippen molar-refractivity contribution in [1.82, 2.24) is 10.6 Å². The van der Waals surface area contributed by atoms with Crippen molar-refractivity contribution >= 4 is 23.5 Å². The highest BCUT2D eigenvalue weighted by Gasteiger charge is 2.33. The zero-order valence-corrected chi connectivity index (χ0v) is 22.7.